The Morgan fingerprint density at radius 2 is 0.839 bits per heavy atom. The van der Waals surface area contributed by atoms with Crippen LogP contribution in [0.1, 0.15) is 51.0 Å². The normalized spacial score (nSPS) is 15.6. The number of benzene rings is 13. The monoisotopic (exact) mass is 1130 g/mol. The van der Waals surface area contributed by atoms with Gasteiger partial charge in [-0.25, -0.2) is 0 Å². The number of furan rings is 1. The zero-order valence-corrected chi connectivity index (χ0v) is 47.2. The van der Waals surface area contributed by atoms with E-state index in [1.54, 1.807) is 18.2 Å². The number of para-hydroxylation sites is 3. The molecule has 2 aliphatic rings. The van der Waals surface area contributed by atoms with E-state index in [0.717, 1.165) is 33.4 Å². The van der Waals surface area contributed by atoms with Crippen LogP contribution in [0.2, 0.25) is 0 Å². The topological polar surface area (TPSA) is 24.6 Å². The van der Waals surface area contributed by atoms with Gasteiger partial charge in [-0.3, -0.25) is 0 Å². The molecule has 15 aromatic rings. The minimum atomic E-state index is -0.896. The van der Waals surface area contributed by atoms with E-state index in [-0.39, 0.29) is 49.7 Å². The van der Waals surface area contributed by atoms with Crippen molar-refractivity contribution in [3.8, 4) is 61.3 Å². The van der Waals surface area contributed by atoms with Gasteiger partial charge in [-0.2, -0.15) is 0 Å². The van der Waals surface area contributed by atoms with E-state index < -0.39 is 121 Å². The fraction of sp³-hybridized carbons (Fsp3) is 0.0488. The summed E-state index contributed by atoms with van der Waals surface area (Å²) in [6.45, 7) is 5.51. The Balaban J connectivity index is 1.15. The van der Waals surface area contributed by atoms with Gasteiger partial charge in [0.05, 0.1) is 58.2 Å². The lowest BCUT2D eigenvalue weighted by molar-refractivity contribution is 0.591. The summed E-state index contributed by atoms with van der Waals surface area (Å²) in [5.41, 5.74) is 10.8. The molecule has 5 heteroatoms. The summed E-state index contributed by atoms with van der Waals surface area (Å²) in [7, 11) is 0. The van der Waals surface area contributed by atoms with Crippen molar-refractivity contribution in [3.05, 3.63) is 302 Å². The van der Waals surface area contributed by atoms with Crippen LogP contribution in [0.3, 0.4) is 0 Å². The fourth-order valence-corrected chi connectivity index (χ4v) is 13.2. The van der Waals surface area contributed by atoms with Crippen molar-refractivity contribution in [1.29, 1.82) is 0 Å². The van der Waals surface area contributed by atoms with Gasteiger partial charge < -0.3 is 18.8 Å². The van der Waals surface area contributed by atoms with Gasteiger partial charge in [-0.15, -0.1) is 0 Å². The van der Waals surface area contributed by atoms with Gasteiger partial charge in [-0.05, 0) is 133 Å². The maximum Gasteiger partial charge on any atom is 0.252 e. The summed E-state index contributed by atoms with van der Waals surface area (Å²) < 4.78 is 177. The molecule has 13 aromatic carbocycles. The van der Waals surface area contributed by atoms with Crippen molar-refractivity contribution in [2.45, 2.75) is 26.2 Å². The quantitative estimate of drug-likeness (QED) is 0.142. The maximum atomic E-state index is 10.0. The highest BCUT2D eigenvalue weighted by molar-refractivity contribution is 7.00. The van der Waals surface area contributed by atoms with Gasteiger partial charge in [-0.1, -0.05) is 251 Å². The van der Waals surface area contributed by atoms with Crippen LogP contribution in [0.25, 0.3) is 105 Å². The summed E-state index contributed by atoms with van der Waals surface area (Å²) in [5.74, 6) is 0. The molecular weight excluding hydrogens is 1050 g/mol. The molecule has 0 fully saturated rings. The molecular formula is C82H58BN3O. The van der Waals surface area contributed by atoms with Crippen LogP contribution in [0.5, 0.6) is 0 Å². The first-order valence-corrected chi connectivity index (χ1v) is 28.8. The number of anilines is 6. The second-order valence-corrected chi connectivity index (χ2v) is 23.0. The zero-order valence-electron chi connectivity index (χ0n) is 65.2. The summed E-state index contributed by atoms with van der Waals surface area (Å²) in [6, 6.07) is 50.0. The second-order valence-electron chi connectivity index (χ2n) is 23.0. The van der Waals surface area contributed by atoms with Gasteiger partial charge in [0.1, 0.15) is 11.2 Å². The van der Waals surface area contributed by atoms with Crippen LogP contribution >= 0.6 is 0 Å². The van der Waals surface area contributed by atoms with Crippen LogP contribution in [-0.2, 0) is 5.41 Å². The minimum Gasteiger partial charge on any atom is -0.456 e. The number of hydrogen-bond acceptors (Lipinski definition) is 3. The molecule has 17 rings (SSSR count). The van der Waals surface area contributed by atoms with Crippen LogP contribution in [0.4, 0.5) is 34.1 Å². The lowest BCUT2D eigenvalue weighted by Crippen LogP contribution is -2.61. The summed E-state index contributed by atoms with van der Waals surface area (Å²) in [5, 5.41) is 1.01. The van der Waals surface area contributed by atoms with Gasteiger partial charge >= 0.3 is 0 Å². The molecule has 0 saturated heterocycles. The lowest BCUT2D eigenvalue weighted by Gasteiger charge is -2.46. The molecule has 2 aliphatic heterocycles. The lowest BCUT2D eigenvalue weighted by atomic mass is 9.33. The largest absolute Gasteiger partial charge is 0.456 e. The van der Waals surface area contributed by atoms with Crippen molar-refractivity contribution in [2.24, 2.45) is 0 Å². The molecule has 87 heavy (non-hydrogen) atoms. The molecule has 0 saturated carbocycles. The molecule has 4 heterocycles. The van der Waals surface area contributed by atoms with Crippen LogP contribution < -0.4 is 26.2 Å². The molecule has 0 N–H and O–H groups in total. The fourth-order valence-electron chi connectivity index (χ4n) is 13.2. The third-order valence-electron chi connectivity index (χ3n) is 17.1. The van der Waals surface area contributed by atoms with E-state index in [2.05, 4.69) is 42.7 Å². The number of fused-ring (bicyclic) bond motifs is 10. The first-order valence-electron chi connectivity index (χ1n) is 37.8. The van der Waals surface area contributed by atoms with E-state index in [0.29, 0.717) is 78.0 Å². The van der Waals surface area contributed by atoms with Crippen LogP contribution in [0, 0.1) is 0 Å². The third-order valence-corrected chi connectivity index (χ3v) is 17.1. The highest BCUT2D eigenvalue weighted by Crippen LogP contribution is 2.55. The van der Waals surface area contributed by atoms with E-state index in [4.69, 9.17) is 15.4 Å². The Labute approximate surface area is 532 Å². The van der Waals surface area contributed by atoms with Crippen molar-refractivity contribution < 1.29 is 29.1 Å². The standard InChI is InChI=1S/C82H58BN3O/c1-82(2,3)60-49-66(56-31-15-7-16-32-56)80(67(50-60)57-33-17-8-18-34-57)85-72-47-58(53-25-9-4-10-26-53)41-44-68(72)83-69-45-42-59(54-27-11-5-12-28-54)48-73(69)86(81-62(55-29-13-6-14-30-55)43-46-77-78(81)65-37-21-24-40-76(65)87-77)75-52-61(51-74(85)79(75)83)84-70-38-22-19-35-63(70)64-36-20-23-39-71(64)84/h4-52H,1-3H3/i4D,5D,9D,10D,11D,12D,19D,20D,22D,23D,25D,26D,27D,28D,35D,36D,38D,39D. The summed E-state index contributed by atoms with van der Waals surface area (Å²) in [6.07, 6.45) is 0. The second kappa shape index (κ2) is 19.9. The average molecular weight is 1130 g/mol. The van der Waals surface area contributed by atoms with Gasteiger partial charge in [0.25, 0.3) is 6.71 Å². The van der Waals surface area contributed by atoms with Gasteiger partial charge in [0.2, 0.25) is 0 Å². The molecule has 0 aliphatic carbocycles. The Kier molecular flexibility index (Phi) is 8.09. The van der Waals surface area contributed by atoms with Crippen LogP contribution in [-0.4, -0.2) is 11.3 Å². The predicted octanol–water partition coefficient (Wildman–Crippen LogP) is 20.4. The maximum absolute atomic E-state index is 10.0. The minimum absolute atomic E-state index is 0.0838. The Hall–Kier alpha value is -10.9. The molecule has 410 valence electrons. The van der Waals surface area contributed by atoms with Crippen molar-refractivity contribution in [3.63, 3.8) is 0 Å². The summed E-state index contributed by atoms with van der Waals surface area (Å²) >= 11 is 0. The van der Waals surface area contributed by atoms with E-state index >= 15 is 0 Å². The van der Waals surface area contributed by atoms with Crippen molar-refractivity contribution in [2.75, 3.05) is 9.80 Å². The van der Waals surface area contributed by atoms with Gasteiger partial charge in [0, 0.05) is 55.6 Å². The Morgan fingerprint density at radius 3 is 1.37 bits per heavy atom. The number of hydrogen-bond donors (Lipinski definition) is 0. The molecule has 0 amide bonds. The van der Waals surface area contributed by atoms with E-state index in [9.17, 15) is 13.7 Å². The summed E-state index contributed by atoms with van der Waals surface area (Å²) in [4.78, 5) is 4.18. The number of aromatic nitrogens is 1. The highest BCUT2D eigenvalue weighted by atomic mass is 16.3. The smallest absolute Gasteiger partial charge is 0.252 e. The third kappa shape index (κ3) is 8.07. The van der Waals surface area contributed by atoms with Gasteiger partial charge in [0.15, 0.2) is 0 Å². The van der Waals surface area contributed by atoms with Crippen molar-refractivity contribution >= 4 is 101 Å². The van der Waals surface area contributed by atoms with Crippen molar-refractivity contribution in [1.82, 2.24) is 4.57 Å². The molecule has 4 nitrogen and oxygen atoms in total. The zero-order chi connectivity index (χ0) is 73.6. The van der Waals surface area contributed by atoms with E-state index in [1.807, 2.05) is 158 Å². The molecule has 2 aromatic heterocycles. The number of rotatable bonds is 8. The average Bonchev–Trinajstić information content (AvgIpc) is 1.66. The molecule has 0 radical (unpaired) electrons. The molecule has 0 spiro atoms. The first-order chi connectivity index (χ1) is 50.3. The van der Waals surface area contributed by atoms with Crippen LogP contribution in [0.15, 0.2) is 301 Å². The first kappa shape index (κ1) is 35.4. The molecule has 0 unspecified atom stereocenters. The Bertz CT molecular complexity index is 6140. The van der Waals surface area contributed by atoms with E-state index in [1.165, 1.54) is 4.57 Å². The SMILES string of the molecule is [2H]c1c([2H])c([2H])c(-c2ccc3c(c2)N(c2c(-c4ccccc4)cc(C(C)(C)C)cc2-c2ccccc2)c2cc(-n4c5c([2H])c([2H])c([2H])c([2H])c5c5c([2H])c([2H])c([2H])c([2H])c54)cc4c2B3c2ccc(-c3c([2H])c([2H])c([2H])c([2H])c3[2H])cc2N4c2c(-c3ccccc3)ccc3oc4ccccc4c23)c([2H])c1[2H]. The molecule has 0 atom stereocenters. The predicted molar refractivity (Wildman–Crippen MR) is 368 cm³/mol. The number of nitrogens with zero attached hydrogens (tertiary/aromatic N) is 3. The Morgan fingerprint density at radius 1 is 0.368 bits per heavy atom. The highest BCUT2D eigenvalue weighted by Gasteiger charge is 2.46. The molecule has 0 bridgehead atoms.